The minimum absolute atomic E-state index is 0. The van der Waals surface area contributed by atoms with Crippen molar-refractivity contribution in [2.24, 2.45) is 0 Å². The Morgan fingerprint density at radius 2 is 0.895 bits per heavy atom. The van der Waals surface area contributed by atoms with Gasteiger partial charge in [-0.25, -0.2) is 0 Å². The Morgan fingerprint density at radius 1 is 0.632 bits per heavy atom. The summed E-state index contributed by atoms with van der Waals surface area (Å²) in [7, 11) is 3.27. The number of rotatable bonds is 2. The molecule has 0 aliphatic rings. The van der Waals surface area contributed by atoms with Crippen molar-refractivity contribution >= 4 is 25.3 Å². The van der Waals surface area contributed by atoms with E-state index in [-0.39, 0.29) is 17.1 Å². The van der Waals surface area contributed by atoms with Crippen LogP contribution in [-0.4, -0.2) is 14.2 Å². The molecule has 0 heterocycles. The Balaban J connectivity index is 0.000000324. The van der Waals surface area contributed by atoms with Gasteiger partial charge in [-0.1, -0.05) is 24.3 Å². The molecule has 0 aliphatic carbocycles. The molecule has 0 spiro atoms. The van der Waals surface area contributed by atoms with E-state index in [1.807, 2.05) is 48.5 Å². The number of hydrogen-bond acceptors (Lipinski definition) is 4. The summed E-state index contributed by atoms with van der Waals surface area (Å²) in [6.07, 6.45) is 0. The molecule has 0 N–H and O–H groups in total. The molecule has 2 aromatic rings. The predicted molar refractivity (Wildman–Crippen MR) is 77.3 cm³/mol. The van der Waals surface area contributed by atoms with E-state index in [2.05, 4.69) is 0 Å². The van der Waals surface area contributed by atoms with Crippen molar-refractivity contribution in [1.29, 1.82) is 0 Å². The van der Waals surface area contributed by atoms with Gasteiger partial charge in [-0.3, -0.25) is 0 Å². The fourth-order valence-electron chi connectivity index (χ4n) is 1.15. The van der Waals surface area contributed by atoms with Crippen LogP contribution in [0.5, 0.6) is 11.5 Å². The molecule has 2 rings (SSSR count). The van der Waals surface area contributed by atoms with Gasteiger partial charge < -0.3 is 34.7 Å². The summed E-state index contributed by atoms with van der Waals surface area (Å²) in [5.74, 6) is 1.70. The third-order valence-electron chi connectivity index (χ3n) is 2.12. The Labute approximate surface area is 135 Å². The summed E-state index contributed by atoms with van der Waals surface area (Å²) in [6, 6.07) is 14.8. The Bertz CT molecular complexity index is 412. The molecule has 2 aromatic carbocycles. The Kier molecular flexibility index (Phi) is 9.35. The van der Waals surface area contributed by atoms with Crippen molar-refractivity contribution in [2.45, 2.75) is 9.79 Å². The molecule has 0 aliphatic heterocycles. The number of methoxy groups -OCH3 is 2. The van der Waals surface area contributed by atoms with Crippen LogP contribution in [0.3, 0.4) is 0 Å². The van der Waals surface area contributed by atoms with Crippen molar-refractivity contribution in [3.8, 4) is 11.5 Å². The summed E-state index contributed by atoms with van der Waals surface area (Å²) < 4.78 is 9.85. The molecule has 0 aromatic heterocycles. The average molecular weight is 333 g/mol. The monoisotopic (exact) mass is 333 g/mol. The van der Waals surface area contributed by atoms with Gasteiger partial charge >= 0.3 is 17.1 Å². The molecule has 0 bridgehead atoms. The smallest absolute Gasteiger partial charge is 0.780 e. The Morgan fingerprint density at radius 3 is 1.11 bits per heavy atom. The predicted octanol–water partition coefficient (Wildman–Crippen LogP) is 3.20. The van der Waals surface area contributed by atoms with Crippen LogP contribution in [0.15, 0.2) is 58.3 Å². The first kappa shape index (κ1) is 18.0. The van der Waals surface area contributed by atoms with E-state index in [9.17, 15) is 0 Å². The molecule has 0 saturated carbocycles. The Hall–Kier alpha value is -1.00. The third-order valence-corrected chi connectivity index (χ3v) is 2.66. The molecule has 0 fully saturated rings. The van der Waals surface area contributed by atoms with Crippen LogP contribution in [0.4, 0.5) is 0 Å². The van der Waals surface area contributed by atoms with Gasteiger partial charge in [0, 0.05) is 0 Å². The van der Waals surface area contributed by atoms with Crippen molar-refractivity contribution < 1.29 is 26.5 Å². The molecular formula is C14H14MnO2S2. The first-order chi connectivity index (χ1) is 8.65. The quantitative estimate of drug-likeness (QED) is 0.620. The molecular weight excluding hydrogens is 319 g/mol. The van der Waals surface area contributed by atoms with Crippen LogP contribution in [0.25, 0.3) is 0 Å². The van der Waals surface area contributed by atoms with Gasteiger partial charge in [0.1, 0.15) is 11.5 Å². The second-order valence-corrected chi connectivity index (χ2v) is 4.29. The van der Waals surface area contributed by atoms with Gasteiger partial charge in [0.2, 0.25) is 0 Å². The molecule has 101 valence electrons. The molecule has 5 heteroatoms. The maximum absolute atomic E-state index is 4.92. The first-order valence-corrected chi connectivity index (χ1v) is 6.09. The van der Waals surface area contributed by atoms with Crippen LogP contribution in [0.1, 0.15) is 0 Å². The normalized spacial score (nSPS) is 8.53. The second-order valence-electron chi connectivity index (χ2n) is 3.35. The standard InChI is InChI=1S/2C7H8OS.Mn/c2*1-8-6-2-4-7(9)5-3-6;/h2*2-5,9H,1H3;/q;;+2/p-2. The van der Waals surface area contributed by atoms with Crippen molar-refractivity contribution in [2.75, 3.05) is 14.2 Å². The molecule has 0 atom stereocenters. The van der Waals surface area contributed by atoms with Gasteiger partial charge in [-0.15, -0.1) is 0 Å². The average Bonchev–Trinajstić information content (AvgIpc) is 2.41. The minimum atomic E-state index is 0. The van der Waals surface area contributed by atoms with E-state index in [1.165, 1.54) is 0 Å². The van der Waals surface area contributed by atoms with E-state index in [0.717, 1.165) is 21.3 Å². The van der Waals surface area contributed by atoms with Crippen LogP contribution in [-0.2, 0) is 42.3 Å². The summed E-state index contributed by atoms with van der Waals surface area (Å²) in [4.78, 5) is 1.69. The number of ether oxygens (including phenoxy) is 2. The van der Waals surface area contributed by atoms with E-state index in [1.54, 1.807) is 14.2 Å². The molecule has 1 radical (unpaired) electrons. The largest absolute Gasteiger partial charge is 2.00 e. The van der Waals surface area contributed by atoms with Gasteiger partial charge in [0.25, 0.3) is 0 Å². The maximum atomic E-state index is 4.92. The molecule has 0 unspecified atom stereocenters. The fourth-order valence-corrected chi connectivity index (χ4v) is 1.42. The fraction of sp³-hybridized carbons (Fsp3) is 0.143. The van der Waals surface area contributed by atoms with Crippen molar-refractivity contribution in [3.05, 3.63) is 48.5 Å². The van der Waals surface area contributed by atoms with Crippen molar-refractivity contribution in [3.63, 3.8) is 0 Å². The summed E-state index contributed by atoms with van der Waals surface area (Å²) in [6.45, 7) is 0. The van der Waals surface area contributed by atoms with Gasteiger partial charge in [0.05, 0.1) is 14.2 Å². The maximum Gasteiger partial charge on any atom is 2.00 e. The van der Waals surface area contributed by atoms with E-state index < -0.39 is 0 Å². The van der Waals surface area contributed by atoms with E-state index in [4.69, 9.17) is 34.7 Å². The summed E-state index contributed by atoms with van der Waals surface area (Å²) >= 11 is 9.73. The van der Waals surface area contributed by atoms with E-state index >= 15 is 0 Å². The van der Waals surface area contributed by atoms with Gasteiger partial charge in [-0.05, 0) is 24.3 Å². The van der Waals surface area contributed by atoms with Crippen LogP contribution in [0.2, 0.25) is 0 Å². The van der Waals surface area contributed by atoms with Crippen LogP contribution >= 0.6 is 0 Å². The summed E-state index contributed by atoms with van der Waals surface area (Å²) in [5.41, 5.74) is 0. The van der Waals surface area contributed by atoms with E-state index in [0.29, 0.717) is 0 Å². The molecule has 0 amide bonds. The summed E-state index contributed by atoms with van der Waals surface area (Å²) in [5, 5.41) is 0. The first-order valence-electron chi connectivity index (χ1n) is 5.28. The van der Waals surface area contributed by atoms with Gasteiger partial charge in [0.15, 0.2) is 0 Å². The molecule has 2 nitrogen and oxygen atoms in total. The molecule has 0 saturated heterocycles. The second kappa shape index (κ2) is 9.87. The SMILES string of the molecule is COc1ccc([S-])cc1.COc1ccc([S-])cc1.[Mn+2]. The van der Waals surface area contributed by atoms with Crippen LogP contribution in [0, 0.1) is 0 Å². The minimum Gasteiger partial charge on any atom is -0.780 e. The van der Waals surface area contributed by atoms with Gasteiger partial charge in [-0.2, -0.15) is 9.79 Å². The topological polar surface area (TPSA) is 18.5 Å². The zero-order chi connectivity index (χ0) is 13.4. The third kappa shape index (κ3) is 7.23. The van der Waals surface area contributed by atoms with Crippen molar-refractivity contribution in [1.82, 2.24) is 0 Å². The number of benzene rings is 2. The zero-order valence-electron chi connectivity index (χ0n) is 10.6. The molecule has 19 heavy (non-hydrogen) atoms. The van der Waals surface area contributed by atoms with Crippen LogP contribution < -0.4 is 9.47 Å². The number of hydrogen-bond donors (Lipinski definition) is 0. The zero-order valence-corrected chi connectivity index (χ0v) is 13.4.